The summed E-state index contributed by atoms with van der Waals surface area (Å²) in [7, 11) is 0. The van der Waals surface area contributed by atoms with Gasteiger partial charge in [-0.1, -0.05) is 29.8 Å². The van der Waals surface area contributed by atoms with E-state index in [9.17, 15) is 9.59 Å². The number of anilines is 1. The Morgan fingerprint density at radius 1 is 1.00 bits per heavy atom. The molecule has 8 heteroatoms. The first-order valence-corrected chi connectivity index (χ1v) is 10.9. The van der Waals surface area contributed by atoms with E-state index in [1.165, 1.54) is 4.68 Å². The van der Waals surface area contributed by atoms with Gasteiger partial charge in [0.25, 0.3) is 0 Å². The number of amides is 1. The maximum absolute atomic E-state index is 12.8. The molecule has 3 N–H and O–H groups in total. The van der Waals surface area contributed by atoms with Crippen molar-refractivity contribution < 1.29 is 4.79 Å². The molecule has 2 heterocycles. The number of nitrogens with zero attached hydrogens (tertiary/aromatic N) is 4. The molecule has 0 aliphatic carbocycles. The number of imidazole rings is 1. The Labute approximate surface area is 186 Å². The van der Waals surface area contributed by atoms with E-state index in [-0.39, 0.29) is 17.5 Å². The summed E-state index contributed by atoms with van der Waals surface area (Å²) in [6.07, 6.45) is 0. The minimum absolute atomic E-state index is 0.0351. The third-order valence-electron chi connectivity index (χ3n) is 5.67. The summed E-state index contributed by atoms with van der Waals surface area (Å²) in [4.78, 5) is 25.4. The number of carbonyl (C=O) groups is 1. The van der Waals surface area contributed by atoms with Crippen molar-refractivity contribution in [1.82, 2.24) is 24.2 Å². The first-order valence-electron chi connectivity index (χ1n) is 10.9. The zero-order valence-corrected chi connectivity index (χ0v) is 18.8. The number of nitrogens with two attached hydrogens (primary N) is 1. The monoisotopic (exact) mass is 432 g/mol. The standard InChI is InChI=1S/C24H28N6O2/c1-5-26-23(31)30-22(25)20(21(27-30)17-10-8-9-15(4)13-17)16-11-12-18-19(14-16)29(7-3)24(32)28(18)6-2/h8-14H,5-7,25H2,1-4H3,(H,26,31). The fraction of sp³-hybridized carbons (Fsp3) is 0.292. The summed E-state index contributed by atoms with van der Waals surface area (Å²) >= 11 is 0. The Morgan fingerprint density at radius 2 is 1.72 bits per heavy atom. The van der Waals surface area contributed by atoms with Gasteiger partial charge in [-0.05, 0) is 51.5 Å². The van der Waals surface area contributed by atoms with Gasteiger partial charge in [0.05, 0.1) is 16.6 Å². The highest BCUT2D eigenvalue weighted by molar-refractivity contribution is 5.95. The Morgan fingerprint density at radius 3 is 2.38 bits per heavy atom. The molecule has 0 atom stereocenters. The van der Waals surface area contributed by atoms with Crippen molar-refractivity contribution in [3.63, 3.8) is 0 Å². The van der Waals surface area contributed by atoms with Gasteiger partial charge in [-0.25, -0.2) is 9.59 Å². The number of carbonyl (C=O) groups excluding carboxylic acids is 1. The van der Waals surface area contributed by atoms with Gasteiger partial charge in [0.2, 0.25) is 0 Å². The summed E-state index contributed by atoms with van der Waals surface area (Å²) in [5.41, 5.74) is 12.2. The molecule has 0 unspecified atom stereocenters. The molecule has 0 radical (unpaired) electrons. The van der Waals surface area contributed by atoms with Crippen LogP contribution in [0.4, 0.5) is 10.6 Å². The molecular formula is C24H28N6O2. The molecule has 0 spiro atoms. The van der Waals surface area contributed by atoms with Crippen molar-refractivity contribution in [1.29, 1.82) is 0 Å². The molecule has 32 heavy (non-hydrogen) atoms. The molecule has 0 saturated carbocycles. The van der Waals surface area contributed by atoms with Crippen molar-refractivity contribution in [3.05, 3.63) is 58.5 Å². The predicted octanol–water partition coefficient (Wildman–Crippen LogP) is 3.84. The molecule has 2 aromatic carbocycles. The van der Waals surface area contributed by atoms with Gasteiger partial charge in [-0.15, -0.1) is 0 Å². The second kappa shape index (κ2) is 8.37. The van der Waals surface area contributed by atoms with E-state index in [4.69, 9.17) is 5.73 Å². The Kier molecular flexibility index (Phi) is 5.61. The number of nitrogen functional groups attached to an aromatic ring is 1. The van der Waals surface area contributed by atoms with Gasteiger partial charge in [-0.2, -0.15) is 9.78 Å². The average Bonchev–Trinajstić information content (AvgIpc) is 3.26. The highest BCUT2D eigenvalue weighted by Crippen LogP contribution is 2.37. The van der Waals surface area contributed by atoms with Crippen LogP contribution >= 0.6 is 0 Å². The normalized spacial score (nSPS) is 11.2. The lowest BCUT2D eigenvalue weighted by Crippen LogP contribution is -2.29. The number of aryl methyl sites for hydroxylation is 3. The Balaban J connectivity index is 2.01. The van der Waals surface area contributed by atoms with Crippen molar-refractivity contribution in [2.45, 2.75) is 40.8 Å². The van der Waals surface area contributed by atoms with Crippen LogP contribution in [0.5, 0.6) is 0 Å². The fourth-order valence-electron chi connectivity index (χ4n) is 4.18. The summed E-state index contributed by atoms with van der Waals surface area (Å²) in [6, 6.07) is 13.4. The van der Waals surface area contributed by atoms with Crippen LogP contribution in [0.3, 0.4) is 0 Å². The van der Waals surface area contributed by atoms with Gasteiger partial charge in [0.15, 0.2) is 0 Å². The number of rotatable bonds is 5. The number of aromatic nitrogens is 4. The van der Waals surface area contributed by atoms with Crippen LogP contribution in [0.15, 0.2) is 47.3 Å². The van der Waals surface area contributed by atoms with Crippen LogP contribution in [-0.4, -0.2) is 31.5 Å². The lowest BCUT2D eigenvalue weighted by Gasteiger charge is -2.07. The lowest BCUT2D eigenvalue weighted by atomic mass is 9.99. The van der Waals surface area contributed by atoms with Crippen LogP contribution in [0.25, 0.3) is 33.4 Å². The number of hydrogen-bond acceptors (Lipinski definition) is 4. The molecular weight excluding hydrogens is 404 g/mol. The molecule has 8 nitrogen and oxygen atoms in total. The third-order valence-corrected chi connectivity index (χ3v) is 5.67. The second-order valence-electron chi connectivity index (χ2n) is 7.70. The molecule has 0 bridgehead atoms. The van der Waals surface area contributed by atoms with Gasteiger partial charge in [0.1, 0.15) is 11.5 Å². The molecule has 4 rings (SSSR count). The zero-order chi connectivity index (χ0) is 23.0. The molecule has 1 amide bonds. The number of fused-ring (bicyclic) bond motifs is 1. The van der Waals surface area contributed by atoms with Gasteiger partial charge >= 0.3 is 11.7 Å². The van der Waals surface area contributed by atoms with E-state index in [1.807, 2.05) is 70.2 Å². The highest BCUT2D eigenvalue weighted by atomic mass is 16.2. The quantitative estimate of drug-likeness (QED) is 0.500. The number of benzene rings is 2. The van der Waals surface area contributed by atoms with Gasteiger partial charge in [0, 0.05) is 25.2 Å². The minimum atomic E-state index is -0.381. The van der Waals surface area contributed by atoms with Crippen LogP contribution in [0.2, 0.25) is 0 Å². The summed E-state index contributed by atoms with van der Waals surface area (Å²) in [6.45, 7) is 9.37. The Bertz CT molecular complexity index is 1380. The molecule has 166 valence electrons. The first kappa shape index (κ1) is 21.4. The van der Waals surface area contributed by atoms with E-state index in [1.54, 1.807) is 9.13 Å². The molecule has 2 aromatic heterocycles. The summed E-state index contributed by atoms with van der Waals surface area (Å²) in [5.74, 6) is 0.257. The van der Waals surface area contributed by atoms with E-state index >= 15 is 0 Å². The minimum Gasteiger partial charge on any atom is -0.383 e. The van der Waals surface area contributed by atoms with E-state index in [0.29, 0.717) is 30.9 Å². The third kappa shape index (κ3) is 3.37. The molecule has 4 aromatic rings. The first-order chi connectivity index (χ1) is 15.4. The van der Waals surface area contributed by atoms with Gasteiger partial charge in [-0.3, -0.25) is 9.13 Å². The summed E-state index contributed by atoms with van der Waals surface area (Å²) < 4.78 is 4.72. The second-order valence-corrected chi connectivity index (χ2v) is 7.70. The number of hydrogen-bond donors (Lipinski definition) is 2. The molecule has 0 aliphatic rings. The lowest BCUT2D eigenvalue weighted by molar-refractivity contribution is 0.240. The zero-order valence-electron chi connectivity index (χ0n) is 18.8. The topological polar surface area (TPSA) is 99.9 Å². The maximum atomic E-state index is 12.8. The summed E-state index contributed by atoms with van der Waals surface area (Å²) in [5, 5.41) is 7.34. The van der Waals surface area contributed by atoms with Gasteiger partial charge < -0.3 is 11.1 Å². The average molecular weight is 433 g/mol. The molecule has 0 saturated heterocycles. The van der Waals surface area contributed by atoms with Crippen molar-refractivity contribution in [3.8, 4) is 22.4 Å². The van der Waals surface area contributed by atoms with E-state index in [2.05, 4.69) is 10.4 Å². The van der Waals surface area contributed by atoms with E-state index in [0.717, 1.165) is 27.7 Å². The maximum Gasteiger partial charge on any atom is 0.344 e. The fourth-order valence-corrected chi connectivity index (χ4v) is 4.18. The van der Waals surface area contributed by atoms with Crippen molar-refractivity contribution >= 4 is 22.9 Å². The smallest absolute Gasteiger partial charge is 0.344 e. The number of nitrogens with one attached hydrogen (secondary N) is 1. The SMILES string of the molecule is CCNC(=O)n1nc(-c2cccc(C)c2)c(-c2ccc3c(c2)n(CC)c(=O)n3CC)c1N. The van der Waals surface area contributed by atoms with E-state index < -0.39 is 0 Å². The molecule has 0 aliphatic heterocycles. The predicted molar refractivity (Wildman–Crippen MR) is 128 cm³/mol. The van der Waals surface area contributed by atoms with Crippen molar-refractivity contribution in [2.24, 2.45) is 0 Å². The van der Waals surface area contributed by atoms with Crippen LogP contribution in [-0.2, 0) is 13.1 Å². The van der Waals surface area contributed by atoms with Crippen LogP contribution in [0.1, 0.15) is 26.3 Å². The Hall–Kier alpha value is -3.81. The van der Waals surface area contributed by atoms with Crippen LogP contribution in [0, 0.1) is 6.92 Å². The van der Waals surface area contributed by atoms with Crippen LogP contribution < -0.4 is 16.7 Å². The van der Waals surface area contributed by atoms with Crippen molar-refractivity contribution in [2.75, 3.05) is 12.3 Å². The molecule has 0 fully saturated rings. The largest absolute Gasteiger partial charge is 0.383 e. The highest BCUT2D eigenvalue weighted by Gasteiger charge is 2.23.